The van der Waals surface area contributed by atoms with E-state index in [2.05, 4.69) is 0 Å². The molecule has 0 heterocycles. The van der Waals surface area contributed by atoms with Crippen molar-refractivity contribution in [3.05, 3.63) is 30.3 Å². The number of halogens is 1. The molecule has 0 amide bonds. The lowest BCUT2D eigenvalue weighted by Gasteiger charge is -2.00. The molecule has 1 aromatic carbocycles. The van der Waals surface area contributed by atoms with Crippen LogP contribution in [0.5, 0.6) is 5.75 Å². The van der Waals surface area contributed by atoms with Gasteiger partial charge in [-0.2, -0.15) is 0 Å². The maximum absolute atomic E-state index is 10.9. The predicted molar refractivity (Wildman–Crippen MR) is 47.4 cm³/mol. The monoisotopic (exact) mass is 184 g/mol. The standard InChI is InChI=1S/C9H9ClO2/c10-7-6-9(11)12-8-4-2-1-3-5-8/h1-5H,6-7H2. The lowest BCUT2D eigenvalue weighted by molar-refractivity contribution is -0.133. The van der Waals surface area contributed by atoms with Gasteiger partial charge < -0.3 is 4.74 Å². The van der Waals surface area contributed by atoms with Crippen molar-refractivity contribution in [2.24, 2.45) is 0 Å². The van der Waals surface area contributed by atoms with E-state index >= 15 is 0 Å². The maximum atomic E-state index is 10.9. The summed E-state index contributed by atoms with van der Waals surface area (Å²) in [6, 6.07) is 8.93. The fraction of sp³-hybridized carbons (Fsp3) is 0.222. The van der Waals surface area contributed by atoms with Gasteiger partial charge in [0.1, 0.15) is 5.75 Å². The van der Waals surface area contributed by atoms with Crippen molar-refractivity contribution in [1.82, 2.24) is 0 Å². The van der Waals surface area contributed by atoms with Crippen LogP contribution in [0.1, 0.15) is 6.42 Å². The number of hydrogen-bond acceptors (Lipinski definition) is 2. The minimum atomic E-state index is -0.295. The number of ether oxygens (including phenoxy) is 1. The number of carbonyl (C=O) groups is 1. The van der Waals surface area contributed by atoms with Crippen LogP contribution < -0.4 is 4.74 Å². The van der Waals surface area contributed by atoms with Crippen LogP contribution in [0.15, 0.2) is 30.3 Å². The van der Waals surface area contributed by atoms with E-state index in [0.717, 1.165) is 0 Å². The van der Waals surface area contributed by atoms with Crippen LogP contribution in [0.2, 0.25) is 0 Å². The van der Waals surface area contributed by atoms with E-state index in [-0.39, 0.29) is 12.4 Å². The Morgan fingerprint density at radius 2 is 2.00 bits per heavy atom. The Morgan fingerprint density at radius 1 is 1.33 bits per heavy atom. The third-order valence-corrected chi connectivity index (χ3v) is 1.46. The van der Waals surface area contributed by atoms with E-state index in [1.54, 1.807) is 12.1 Å². The molecule has 64 valence electrons. The highest BCUT2D eigenvalue weighted by molar-refractivity contribution is 6.18. The molecule has 1 rings (SSSR count). The second kappa shape index (κ2) is 4.78. The SMILES string of the molecule is O=C(CCCl)Oc1ccccc1. The molecule has 0 aromatic heterocycles. The van der Waals surface area contributed by atoms with E-state index < -0.39 is 0 Å². The lowest BCUT2D eigenvalue weighted by Crippen LogP contribution is -2.07. The second-order valence-electron chi connectivity index (χ2n) is 2.23. The zero-order chi connectivity index (χ0) is 8.81. The van der Waals surface area contributed by atoms with Gasteiger partial charge in [0.15, 0.2) is 0 Å². The van der Waals surface area contributed by atoms with Gasteiger partial charge in [-0.05, 0) is 12.1 Å². The van der Waals surface area contributed by atoms with Crippen LogP contribution in [-0.4, -0.2) is 11.8 Å². The first kappa shape index (κ1) is 9.07. The number of benzene rings is 1. The third-order valence-electron chi connectivity index (χ3n) is 1.27. The highest BCUT2D eigenvalue weighted by Gasteiger charge is 2.01. The van der Waals surface area contributed by atoms with Crippen molar-refractivity contribution < 1.29 is 9.53 Å². The summed E-state index contributed by atoms with van der Waals surface area (Å²) in [6.07, 6.45) is 0.246. The summed E-state index contributed by atoms with van der Waals surface area (Å²) in [6.45, 7) is 0. The van der Waals surface area contributed by atoms with E-state index in [1.807, 2.05) is 18.2 Å². The van der Waals surface area contributed by atoms with Crippen molar-refractivity contribution in [3.8, 4) is 5.75 Å². The summed E-state index contributed by atoms with van der Waals surface area (Å²) < 4.78 is 4.93. The first-order valence-electron chi connectivity index (χ1n) is 3.64. The number of rotatable bonds is 3. The normalized spacial score (nSPS) is 9.42. The molecule has 0 radical (unpaired) electrons. The Morgan fingerprint density at radius 3 is 2.58 bits per heavy atom. The molecule has 0 aliphatic carbocycles. The number of para-hydroxylation sites is 1. The minimum absolute atomic E-state index is 0.246. The van der Waals surface area contributed by atoms with Gasteiger partial charge in [-0.25, -0.2) is 0 Å². The average molecular weight is 185 g/mol. The van der Waals surface area contributed by atoms with Crippen molar-refractivity contribution >= 4 is 17.6 Å². The Balaban J connectivity index is 2.47. The number of hydrogen-bond donors (Lipinski definition) is 0. The molecule has 2 nitrogen and oxygen atoms in total. The third kappa shape index (κ3) is 2.93. The van der Waals surface area contributed by atoms with Gasteiger partial charge in [-0.3, -0.25) is 4.79 Å². The fourth-order valence-corrected chi connectivity index (χ4v) is 0.902. The number of esters is 1. The van der Waals surface area contributed by atoms with Crippen LogP contribution in [0, 0.1) is 0 Å². The molecule has 0 saturated heterocycles. The van der Waals surface area contributed by atoms with Gasteiger partial charge in [0, 0.05) is 5.88 Å². The van der Waals surface area contributed by atoms with Crippen molar-refractivity contribution in [1.29, 1.82) is 0 Å². The molecule has 0 N–H and O–H groups in total. The van der Waals surface area contributed by atoms with E-state index in [9.17, 15) is 4.79 Å². The molecule has 0 fully saturated rings. The van der Waals surface area contributed by atoms with E-state index in [4.69, 9.17) is 16.3 Å². The highest BCUT2D eigenvalue weighted by atomic mass is 35.5. The number of alkyl halides is 1. The topological polar surface area (TPSA) is 26.3 Å². The zero-order valence-corrected chi connectivity index (χ0v) is 7.25. The molecule has 0 saturated carbocycles. The zero-order valence-electron chi connectivity index (χ0n) is 6.50. The van der Waals surface area contributed by atoms with Gasteiger partial charge in [0.25, 0.3) is 0 Å². The van der Waals surface area contributed by atoms with Crippen LogP contribution in [0.25, 0.3) is 0 Å². The van der Waals surface area contributed by atoms with Crippen molar-refractivity contribution in [3.63, 3.8) is 0 Å². The van der Waals surface area contributed by atoms with Gasteiger partial charge in [0.2, 0.25) is 0 Å². The van der Waals surface area contributed by atoms with Gasteiger partial charge >= 0.3 is 5.97 Å². The summed E-state index contributed by atoms with van der Waals surface area (Å²) in [5, 5.41) is 0. The van der Waals surface area contributed by atoms with Gasteiger partial charge in [-0.1, -0.05) is 18.2 Å². The summed E-state index contributed by atoms with van der Waals surface area (Å²) >= 11 is 5.36. The number of carbonyl (C=O) groups excluding carboxylic acids is 1. The molecule has 0 atom stereocenters. The highest BCUT2D eigenvalue weighted by Crippen LogP contribution is 2.09. The van der Waals surface area contributed by atoms with Crippen molar-refractivity contribution in [2.45, 2.75) is 6.42 Å². The van der Waals surface area contributed by atoms with Crippen LogP contribution in [-0.2, 0) is 4.79 Å². The lowest BCUT2D eigenvalue weighted by atomic mass is 10.3. The molecule has 12 heavy (non-hydrogen) atoms. The quantitative estimate of drug-likeness (QED) is 0.409. The van der Waals surface area contributed by atoms with Crippen LogP contribution in [0.4, 0.5) is 0 Å². The smallest absolute Gasteiger partial charge is 0.312 e. The summed E-state index contributed by atoms with van der Waals surface area (Å²) in [5.41, 5.74) is 0. The molecule has 1 aromatic rings. The Labute approximate surface area is 76.1 Å². The average Bonchev–Trinajstić information content (AvgIpc) is 2.06. The molecular weight excluding hydrogens is 176 g/mol. The molecule has 3 heteroatoms. The van der Waals surface area contributed by atoms with Gasteiger partial charge in [0.05, 0.1) is 6.42 Å². The van der Waals surface area contributed by atoms with E-state index in [0.29, 0.717) is 11.6 Å². The predicted octanol–water partition coefficient (Wildman–Crippen LogP) is 2.22. The largest absolute Gasteiger partial charge is 0.426 e. The molecule has 0 spiro atoms. The molecule has 0 aliphatic rings. The van der Waals surface area contributed by atoms with Gasteiger partial charge in [-0.15, -0.1) is 11.6 Å². The van der Waals surface area contributed by atoms with E-state index in [1.165, 1.54) is 0 Å². The molecule has 0 aliphatic heterocycles. The molecular formula is C9H9ClO2. The first-order chi connectivity index (χ1) is 5.83. The van der Waals surface area contributed by atoms with Crippen molar-refractivity contribution in [2.75, 3.05) is 5.88 Å². The van der Waals surface area contributed by atoms with Crippen LogP contribution >= 0.6 is 11.6 Å². The Hall–Kier alpha value is -1.02. The second-order valence-corrected chi connectivity index (χ2v) is 2.60. The molecule has 0 bridgehead atoms. The maximum Gasteiger partial charge on any atom is 0.312 e. The Kier molecular flexibility index (Phi) is 3.61. The summed E-state index contributed by atoms with van der Waals surface area (Å²) in [5.74, 6) is 0.565. The first-order valence-corrected chi connectivity index (χ1v) is 4.18. The Bertz CT molecular complexity index is 246. The minimum Gasteiger partial charge on any atom is -0.426 e. The fourth-order valence-electron chi connectivity index (χ4n) is 0.748. The molecule has 0 unspecified atom stereocenters. The summed E-state index contributed by atoms with van der Waals surface area (Å²) in [7, 11) is 0. The van der Waals surface area contributed by atoms with Crippen LogP contribution in [0.3, 0.4) is 0 Å². The summed E-state index contributed by atoms with van der Waals surface area (Å²) in [4.78, 5) is 10.9.